The number of rotatable bonds is 4. The van der Waals surface area contributed by atoms with Gasteiger partial charge in [-0.25, -0.2) is 0 Å². The van der Waals surface area contributed by atoms with Crippen molar-refractivity contribution in [1.82, 2.24) is 20.0 Å². The van der Waals surface area contributed by atoms with Crippen LogP contribution in [0.15, 0.2) is 6.07 Å². The maximum Gasteiger partial charge on any atom is 0.0625 e. The van der Waals surface area contributed by atoms with Crippen LogP contribution >= 0.6 is 0 Å². The quantitative estimate of drug-likeness (QED) is 0.882. The Labute approximate surface area is 110 Å². The Balaban J connectivity index is 2.14. The maximum absolute atomic E-state index is 4.64. The lowest BCUT2D eigenvalue weighted by atomic mass is 10.1. The van der Waals surface area contributed by atoms with Crippen LogP contribution in [0.1, 0.15) is 39.1 Å². The molecule has 1 aromatic heterocycles. The van der Waals surface area contributed by atoms with E-state index in [9.17, 15) is 0 Å². The van der Waals surface area contributed by atoms with Gasteiger partial charge in [-0.2, -0.15) is 5.10 Å². The fourth-order valence-corrected chi connectivity index (χ4v) is 2.76. The molecular formula is C14H26N4. The summed E-state index contributed by atoms with van der Waals surface area (Å²) in [6, 6.07) is 3.46. The van der Waals surface area contributed by atoms with Crippen LogP contribution in [0.4, 0.5) is 0 Å². The largest absolute Gasteiger partial charge is 0.314 e. The zero-order valence-electron chi connectivity index (χ0n) is 12.1. The topological polar surface area (TPSA) is 33.1 Å². The van der Waals surface area contributed by atoms with E-state index in [4.69, 9.17) is 0 Å². The van der Waals surface area contributed by atoms with Crippen molar-refractivity contribution >= 4 is 0 Å². The standard InChI is InChI=1S/C14H26N4/c1-5-13-7-14(18(6-2)16-13)10-17-11(3)8-15-9-12(17)4/h7,11-12,15H,5-6,8-10H2,1-4H3. The number of nitrogens with zero attached hydrogens (tertiary/aromatic N) is 3. The summed E-state index contributed by atoms with van der Waals surface area (Å²) in [6.07, 6.45) is 1.02. The molecule has 1 aliphatic heterocycles. The average Bonchev–Trinajstić information content (AvgIpc) is 2.76. The lowest BCUT2D eigenvalue weighted by Gasteiger charge is -2.39. The molecule has 4 heteroatoms. The molecule has 0 aliphatic carbocycles. The van der Waals surface area contributed by atoms with E-state index in [1.54, 1.807) is 0 Å². The molecule has 1 fully saturated rings. The van der Waals surface area contributed by atoms with Crippen molar-refractivity contribution in [2.45, 2.75) is 59.3 Å². The molecule has 0 saturated carbocycles. The first kappa shape index (κ1) is 13.6. The summed E-state index contributed by atoms with van der Waals surface area (Å²) < 4.78 is 2.15. The van der Waals surface area contributed by atoms with Crippen molar-refractivity contribution in [3.63, 3.8) is 0 Å². The molecule has 4 nitrogen and oxygen atoms in total. The van der Waals surface area contributed by atoms with E-state index in [2.05, 4.69) is 53.8 Å². The van der Waals surface area contributed by atoms with Crippen molar-refractivity contribution in [2.24, 2.45) is 0 Å². The van der Waals surface area contributed by atoms with Crippen LogP contribution in [-0.4, -0.2) is 39.9 Å². The van der Waals surface area contributed by atoms with E-state index in [1.807, 2.05) is 0 Å². The molecule has 0 amide bonds. The Morgan fingerprint density at radius 1 is 1.28 bits per heavy atom. The normalized spacial score (nSPS) is 25.6. The number of hydrogen-bond donors (Lipinski definition) is 1. The third-order valence-corrected chi connectivity index (χ3v) is 3.93. The highest BCUT2D eigenvalue weighted by molar-refractivity contribution is 5.11. The van der Waals surface area contributed by atoms with Crippen LogP contribution in [0.2, 0.25) is 0 Å². The Kier molecular flexibility index (Phi) is 4.40. The Morgan fingerprint density at radius 3 is 2.50 bits per heavy atom. The predicted octanol–water partition coefficient (Wildman–Crippen LogP) is 1.65. The van der Waals surface area contributed by atoms with Crippen molar-refractivity contribution in [1.29, 1.82) is 0 Å². The maximum atomic E-state index is 4.64. The van der Waals surface area contributed by atoms with Gasteiger partial charge in [-0.15, -0.1) is 0 Å². The van der Waals surface area contributed by atoms with E-state index in [1.165, 1.54) is 11.4 Å². The fraction of sp³-hybridized carbons (Fsp3) is 0.786. The summed E-state index contributed by atoms with van der Waals surface area (Å²) in [6.45, 7) is 13.1. The number of aromatic nitrogens is 2. The van der Waals surface area contributed by atoms with Crippen LogP contribution in [0.25, 0.3) is 0 Å². The second-order valence-corrected chi connectivity index (χ2v) is 5.32. The zero-order chi connectivity index (χ0) is 13.1. The predicted molar refractivity (Wildman–Crippen MR) is 74.6 cm³/mol. The van der Waals surface area contributed by atoms with Gasteiger partial charge in [0, 0.05) is 38.3 Å². The third kappa shape index (κ3) is 2.75. The van der Waals surface area contributed by atoms with E-state index >= 15 is 0 Å². The summed E-state index contributed by atoms with van der Waals surface area (Å²) in [5.41, 5.74) is 2.57. The molecule has 2 unspecified atom stereocenters. The molecule has 2 atom stereocenters. The zero-order valence-corrected chi connectivity index (χ0v) is 12.1. The van der Waals surface area contributed by atoms with Gasteiger partial charge in [-0.05, 0) is 33.3 Å². The van der Waals surface area contributed by atoms with Crippen LogP contribution in [0.5, 0.6) is 0 Å². The van der Waals surface area contributed by atoms with Crippen LogP contribution < -0.4 is 5.32 Å². The van der Waals surface area contributed by atoms with Gasteiger partial charge in [0.25, 0.3) is 0 Å². The molecule has 0 radical (unpaired) electrons. The van der Waals surface area contributed by atoms with Crippen molar-refractivity contribution in [3.8, 4) is 0 Å². The number of aryl methyl sites for hydroxylation is 2. The number of hydrogen-bond acceptors (Lipinski definition) is 3. The average molecular weight is 250 g/mol. The summed E-state index contributed by atoms with van der Waals surface area (Å²) in [5, 5.41) is 8.12. The molecule has 0 spiro atoms. The van der Waals surface area contributed by atoms with E-state index in [-0.39, 0.29) is 0 Å². The lowest BCUT2D eigenvalue weighted by Crippen LogP contribution is -2.54. The lowest BCUT2D eigenvalue weighted by molar-refractivity contribution is 0.105. The van der Waals surface area contributed by atoms with Gasteiger partial charge < -0.3 is 5.32 Å². The van der Waals surface area contributed by atoms with Gasteiger partial charge in [0.1, 0.15) is 0 Å². The van der Waals surface area contributed by atoms with Gasteiger partial charge in [-0.3, -0.25) is 9.58 Å². The molecule has 1 N–H and O–H groups in total. The Bertz CT molecular complexity index is 375. The van der Waals surface area contributed by atoms with E-state index in [0.717, 1.165) is 32.6 Å². The molecule has 102 valence electrons. The number of piperazine rings is 1. The smallest absolute Gasteiger partial charge is 0.0625 e. The van der Waals surface area contributed by atoms with Crippen molar-refractivity contribution in [2.75, 3.05) is 13.1 Å². The second-order valence-electron chi connectivity index (χ2n) is 5.32. The van der Waals surface area contributed by atoms with Crippen molar-refractivity contribution < 1.29 is 0 Å². The molecule has 0 bridgehead atoms. The fourth-order valence-electron chi connectivity index (χ4n) is 2.76. The minimum absolute atomic E-state index is 0.596. The Morgan fingerprint density at radius 2 is 1.94 bits per heavy atom. The summed E-state index contributed by atoms with van der Waals surface area (Å²) in [4.78, 5) is 2.58. The molecule has 0 aromatic carbocycles. The second kappa shape index (κ2) is 5.85. The molecular weight excluding hydrogens is 224 g/mol. The van der Waals surface area contributed by atoms with Gasteiger partial charge in [0.2, 0.25) is 0 Å². The minimum atomic E-state index is 0.596. The molecule has 18 heavy (non-hydrogen) atoms. The summed E-state index contributed by atoms with van der Waals surface area (Å²) in [7, 11) is 0. The van der Waals surface area contributed by atoms with Crippen LogP contribution in [-0.2, 0) is 19.5 Å². The molecule has 2 rings (SSSR count). The number of nitrogens with one attached hydrogen (secondary N) is 1. The molecule has 1 aliphatic rings. The molecule has 2 heterocycles. The van der Waals surface area contributed by atoms with Crippen molar-refractivity contribution in [3.05, 3.63) is 17.5 Å². The van der Waals surface area contributed by atoms with Gasteiger partial charge in [0.15, 0.2) is 0 Å². The molecule has 1 saturated heterocycles. The van der Waals surface area contributed by atoms with Crippen LogP contribution in [0.3, 0.4) is 0 Å². The van der Waals surface area contributed by atoms with Crippen LogP contribution in [0, 0.1) is 0 Å². The highest BCUT2D eigenvalue weighted by atomic mass is 15.3. The minimum Gasteiger partial charge on any atom is -0.314 e. The SMILES string of the molecule is CCc1cc(CN2C(C)CNCC2C)n(CC)n1. The first-order chi connectivity index (χ1) is 8.65. The van der Waals surface area contributed by atoms with E-state index in [0.29, 0.717) is 12.1 Å². The summed E-state index contributed by atoms with van der Waals surface area (Å²) in [5.74, 6) is 0. The third-order valence-electron chi connectivity index (χ3n) is 3.93. The Hall–Kier alpha value is -0.870. The van der Waals surface area contributed by atoms with Gasteiger partial charge >= 0.3 is 0 Å². The highest BCUT2D eigenvalue weighted by Gasteiger charge is 2.25. The first-order valence-electron chi connectivity index (χ1n) is 7.17. The first-order valence-corrected chi connectivity index (χ1v) is 7.17. The monoisotopic (exact) mass is 250 g/mol. The summed E-state index contributed by atoms with van der Waals surface area (Å²) >= 11 is 0. The highest BCUT2D eigenvalue weighted by Crippen LogP contribution is 2.16. The van der Waals surface area contributed by atoms with Gasteiger partial charge in [-0.1, -0.05) is 6.92 Å². The van der Waals surface area contributed by atoms with Gasteiger partial charge in [0.05, 0.1) is 11.4 Å². The molecule has 1 aromatic rings. The van der Waals surface area contributed by atoms with E-state index < -0.39 is 0 Å².